The maximum Gasteiger partial charge on any atom is 0.328 e. The SMILES string of the molecule is COC(=O)C(CCSC)NC(=O)CCCc1nc(-c2ccc(Cl)cc2)no1. The molecule has 0 fully saturated rings. The van der Waals surface area contributed by atoms with Gasteiger partial charge in [-0.25, -0.2) is 4.79 Å². The lowest BCUT2D eigenvalue weighted by Gasteiger charge is -2.15. The molecule has 0 spiro atoms. The van der Waals surface area contributed by atoms with Crippen molar-refractivity contribution in [1.82, 2.24) is 15.5 Å². The molecule has 0 saturated carbocycles. The molecule has 7 nitrogen and oxygen atoms in total. The Morgan fingerprint density at radius 3 is 2.74 bits per heavy atom. The second-order valence-corrected chi connectivity index (χ2v) is 7.22. The third-order valence-corrected chi connectivity index (χ3v) is 4.69. The van der Waals surface area contributed by atoms with E-state index in [0.717, 1.165) is 11.3 Å². The van der Waals surface area contributed by atoms with Crippen LogP contribution in [0.4, 0.5) is 0 Å². The lowest BCUT2D eigenvalue weighted by molar-refractivity contribution is -0.145. The van der Waals surface area contributed by atoms with Gasteiger partial charge >= 0.3 is 5.97 Å². The Balaban J connectivity index is 1.80. The lowest BCUT2D eigenvalue weighted by Crippen LogP contribution is -2.41. The van der Waals surface area contributed by atoms with E-state index in [1.54, 1.807) is 23.9 Å². The van der Waals surface area contributed by atoms with Gasteiger partial charge in [-0.3, -0.25) is 4.79 Å². The van der Waals surface area contributed by atoms with Crippen LogP contribution in [0.25, 0.3) is 11.4 Å². The van der Waals surface area contributed by atoms with Crippen molar-refractivity contribution in [3.63, 3.8) is 0 Å². The van der Waals surface area contributed by atoms with Gasteiger partial charge in [-0.05, 0) is 49.1 Å². The zero-order valence-corrected chi connectivity index (χ0v) is 16.8. The maximum atomic E-state index is 12.1. The largest absolute Gasteiger partial charge is 0.467 e. The number of methoxy groups -OCH3 is 1. The van der Waals surface area contributed by atoms with E-state index in [9.17, 15) is 9.59 Å². The molecule has 9 heteroatoms. The van der Waals surface area contributed by atoms with Gasteiger partial charge in [0, 0.05) is 23.4 Å². The molecular weight excluding hydrogens is 390 g/mol. The highest BCUT2D eigenvalue weighted by Crippen LogP contribution is 2.19. The van der Waals surface area contributed by atoms with Crippen LogP contribution in [0.5, 0.6) is 0 Å². The molecule has 1 aromatic heterocycles. The number of carbonyl (C=O) groups is 2. The Bertz CT molecular complexity index is 751. The number of aromatic nitrogens is 2. The number of halogens is 1. The van der Waals surface area contributed by atoms with Crippen LogP contribution in [0, 0.1) is 0 Å². The summed E-state index contributed by atoms with van der Waals surface area (Å²) in [5, 5.41) is 7.29. The summed E-state index contributed by atoms with van der Waals surface area (Å²) >= 11 is 7.47. The van der Waals surface area contributed by atoms with E-state index in [-0.39, 0.29) is 12.3 Å². The summed E-state index contributed by atoms with van der Waals surface area (Å²) in [6.07, 6.45) is 3.74. The summed E-state index contributed by atoms with van der Waals surface area (Å²) in [6, 6.07) is 6.52. The van der Waals surface area contributed by atoms with Gasteiger partial charge in [0.05, 0.1) is 7.11 Å². The number of amides is 1. The Hall–Kier alpha value is -2.06. The standard InChI is InChI=1S/C18H22ClN3O4S/c1-25-18(24)14(10-11-27-2)20-15(23)4-3-5-16-21-17(22-26-16)12-6-8-13(19)9-7-12/h6-9,14H,3-5,10-11H2,1-2H3,(H,20,23). The van der Waals surface area contributed by atoms with E-state index in [0.29, 0.717) is 36.0 Å². The summed E-state index contributed by atoms with van der Waals surface area (Å²) in [5.74, 6) is 1.06. The molecule has 0 saturated heterocycles. The van der Waals surface area contributed by atoms with Crippen LogP contribution in [0.2, 0.25) is 5.02 Å². The molecule has 1 amide bonds. The van der Waals surface area contributed by atoms with Gasteiger partial charge in [0.25, 0.3) is 0 Å². The van der Waals surface area contributed by atoms with Crippen molar-refractivity contribution in [2.24, 2.45) is 0 Å². The third kappa shape index (κ3) is 6.88. The maximum absolute atomic E-state index is 12.1. The third-order valence-electron chi connectivity index (χ3n) is 3.80. The van der Waals surface area contributed by atoms with Crippen LogP contribution in [-0.4, -0.2) is 47.2 Å². The first-order valence-electron chi connectivity index (χ1n) is 8.48. The Morgan fingerprint density at radius 2 is 2.07 bits per heavy atom. The molecule has 27 heavy (non-hydrogen) atoms. The van der Waals surface area contributed by atoms with E-state index >= 15 is 0 Å². The van der Waals surface area contributed by atoms with Crippen molar-refractivity contribution in [1.29, 1.82) is 0 Å². The smallest absolute Gasteiger partial charge is 0.328 e. The molecular formula is C18H22ClN3O4S. The summed E-state index contributed by atoms with van der Waals surface area (Å²) in [4.78, 5) is 28.1. The normalized spacial score (nSPS) is 11.8. The van der Waals surface area contributed by atoms with Gasteiger partial charge in [-0.15, -0.1) is 0 Å². The highest BCUT2D eigenvalue weighted by Gasteiger charge is 2.20. The summed E-state index contributed by atoms with van der Waals surface area (Å²) < 4.78 is 9.95. The Labute approximate surface area is 167 Å². The molecule has 1 aromatic carbocycles. The number of thioether (sulfide) groups is 1. The number of esters is 1. The molecule has 1 heterocycles. The van der Waals surface area contributed by atoms with Crippen molar-refractivity contribution in [3.8, 4) is 11.4 Å². The van der Waals surface area contributed by atoms with E-state index in [1.165, 1.54) is 7.11 Å². The number of hydrogen-bond acceptors (Lipinski definition) is 7. The lowest BCUT2D eigenvalue weighted by atomic mass is 10.2. The number of benzene rings is 1. The second kappa shape index (κ2) is 10.9. The predicted octanol–water partition coefficient (Wildman–Crippen LogP) is 3.12. The minimum Gasteiger partial charge on any atom is -0.467 e. The number of rotatable bonds is 10. The number of nitrogens with zero attached hydrogens (tertiary/aromatic N) is 2. The zero-order valence-electron chi connectivity index (χ0n) is 15.2. The monoisotopic (exact) mass is 411 g/mol. The number of aryl methyl sites for hydroxylation is 1. The van der Waals surface area contributed by atoms with Crippen molar-refractivity contribution < 1.29 is 18.8 Å². The quantitative estimate of drug-likeness (QED) is 0.600. The van der Waals surface area contributed by atoms with Crippen LogP contribution in [0.1, 0.15) is 25.2 Å². The molecule has 0 bridgehead atoms. The number of nitrogens with one attached hydrogen (secondary N) is 1. The minimum atomic E-state index is -0.616. The first-order chi connectivity index (χ1) is 13.0. The Kier molecular flexibility index (Phi) is 8.60. The van der Waals surface area contributed by atoms with E-state index in [4.69, 9.17) is 20.9 Å². The van der Waals surface area contributed by atoms with Crippen molar-refractivity contribution >= 4 is 35.2 Å². The van der Waals surface area contributed by atoms with Crippen molar-refractivity contribution in [2.75, 3.05) is 19.1 Å². The van der Waals surface area contributed by atoms with E-state index < -0.39 is 12.0 Å². The number of hydrogen-bond donors (Lipinski definition) is 1. The van der Waals surface area contributed by atoms with Crippen molar-refractivity contribution in [2.45, 2.75) is 31.7 Å². The molecule has 2 aromatic rings. The molecule has 0 aliphatic carbocycles. The molecule has 2 rings (SSSR count). The number of ether oxygens (including phenoxy) is 1. The fraction of sp³-hybridized carbons (Fsp3) is 0.444. The first kappa shape index (κ1) is 21.2. The van der Waals surface area contributed by atoms with Gasteiger partial charge < -0.3 is 14.6 Å². The zero-order chi connectivity index (χ0) is 19.6. The van der Waals surface area contributed by atoms with Crippen LogP contribution < -0.4 is 5.32 Å². The summed E-state index contributed by atoms with van der Waals surface area (Å²) in [6.45, 7) is 0. The predicted molar refractivity (Wildman–Crippen MR) is 105 cm³/mol. The van der Waals surface area contributed by atoms with Crippen LogP contribution >= 0.6 is 23.4 Å². The van der Waals surface area contributed by atoms with Crippen LogP contribution in [0.3, 0.4) is 0 Å². The average Bonchev–Trinajstić information content (AvgIpc) is 3.14. The first-order valence-corrected chi connectivity index (χ1v) is 10.2. The van der Waals surface area contributed by atoms with E-state index in [2.05, 4.69) is 15.5 Å². The van der Waals surface area contributed by atoms with Gasteiger partial charge in [-0.2, -0.15) is 16.7 Å². The summed E-state index contributed by atoms with van der Waals surface area (Å²) in [5.41, 5.74) is 0.807. The minimum absolute atomic E-state index is 0.205. The van der Waals surface area contributed by atoms with E-state index in [1.807, 2.05) is 18.4 Å². The summed E-state index contributed by atoms with van der Waals surface area (Å²) in [7, 11) is 1.31. The highest BCUT2D eigenvalue weighted by atomic mass is 35.5. The van der Waals surface area contributed by atoms with Crippen LogP contribution in [0.15, 0.2) is 28.8 Å². The fourth-order valence-corrected chi connectivity index (χ4v) is 2.96. The molecule has 0 radical (unpaired) electrons. The molecule has 0 aliphatic heterocycles. The molecule has 1 unspecified atom stereocenters. The molecule has 146 valence electrons. The van der Waals surface area contributed by atoms with Crippen molar-refractivity contribution in [3.05, 3.63) is 35.2 Å². The van der Waals surface area contributed by atoms with Gasteiger partial charge in [0.2, 0.25) is 17.6 Å². The van der Waals surface area contributed by atoms with Crippen LogP contribution in [-0.2, 0) is 20.7 Å². The fourth-order valence-electron chi connectivity index (χ4n) is 2.37. The average molecular weight is 412 g/mol. The second-order valence-electron chi connectivity index (χ2n) is 5.80. The topological polar surface area (TPSA) is 94.3 Å². The Morgan fingerprint density at radius 1 is 1.33 bits per heavy atom. The van der Waals surface area contributed by atoms with Gasteiger partial charge in [0.15, 0.2) is 0 Å². The van der Waals surface area contributed by atoms with Gasteiger partial charge in [0.1, 0.15) is 6.04 Å². The highest BCUT2D eigenvalue weighted by molar-refractivity contribution is 7.98. The molecule has 1 atom stereocenters. The van der Waals surface area contributed by atoms with Gasteiger partial charge in [-0.1, -0.05) is 16.8 Å². The molecule has 0 aliphatic rings. The number of carbonyl (C=O) groups excluding carboxylic acids is 2. The molecule has 1 N–H and O–H groups in total.